The predicted molar refractivity (Wildman–Crippen MR) is 134 cm³/mol. The number of amidine groups is 3. The number of nitrogens with one attached hydrogen (secondary N) is 1. The van der Waals surface area contributed by atoms with Crippen molar-refractivity contribution in [3.63, 3.8) is 0 Å². The highest BCUT2D eigenvalue weighted by atomic mass is 32.2. The Bertz CT molecular complexity index is 1280. The van der Waals surface area contributed by atoms with Gasteiger partial charge in [0.05, 0.1) is 5.57 Å². The number of nitrogens with zero attached hydrogens (tertiary/aromatic N) is 4. The van der Waals surface area contributed by atoms with Crippen LogP contribution in [-0.4, -0.2) is 51.9 Å². The highest BCUT2D eigenvalue weighted by Gasteiger charge is 2.37. The fourth-order valence-corrected chi connectivity index (χ4v) is 5.16. The zero-order chi connectivity index (χ0) is 23.8. The molecule has 10 heteroatoms. The summed E-state index contributed by atoms with van der Waals surface area (Å²) in [6, 6.07) is 13.1. The Morgan fingerprint density at radius 1 is 1.03 bits per heavy atom. The number of ether oxygens (including phenoxy) is 3. The maximum Gasteiger partial charge on any atom is 0.283 e. The molecule has 0 spiro atoms. The highest BCUT2D eigenvalue weighted by Crippen LogP contribution is 2.33. The summed E-state index contributed by atoms with van der Waals surface area (Å²) in [5.41, 5.74) is 1.97. The minimum Gasteiger partial charge on any atom is -0.489 e. The van der Waals surface area contributed by atoms with Crippen LogP contribution < -0.4 is 14.2 Å². The summed E-state index contributed by atoms with van der Waals surface area (Å²) in [5, 5.41) is 15.9. The van der Waals surface area contributed by atoms with E-state index in [4.69, 9.17) is 19.6 Å². The zero-order valence-corrected chi connectivity index (χ0v) is 19.7. The van der Waals surface area contributed by atoms with Gasteiger partial charge in [-0.3, -0.25) is 10.2 Å². The Balaban J connectivity index is 1.13. The van der Waals surface area contributed by atoms with E-state index in [0.717, 1.165) is 53.7 Å². The van der Waals surface area contributed by atoms with Crippen LogP contribution >= 0.6 is 11.8 Å². The van der Waals surface area contributed by atoms with Crippen molar-refractivity contribution in [2.24, 2.45) is 10.1 Å². The summed E-state index contributed by atoms with van der Waals surface area (Å²) in [7, 11) is 0. The number of likely N-dealkylation sites (tertiary alicyclic amines) is 1. The first-order chi connectivity index (χ1) is 17.1. The fourth-order valence-electron chi connectivity index (χ4n) is 4.22. The van der Waals surface area contributed by atoms with Crippen molar-refractivity contribution in [2.75, 3.05) is 19.9 Å². The second-order valence-electron chi connectivity index (χ2n) is 8.50. The second-order valence-corrected chi connectivity index (χ2v) is 9.43. The lowest BCUT2D eigenvalue weighted by atomic mass is 10.1. The van der Waals surface area contributed by atoms with Crippen LogP contribution in [0.3, 0.4) is 0 Å². The van der Waals surface area contributed by atoms with Crippen molar-refractivity contribution in [2.45, 2.75) is 25.9 Å². The van der Waals surface area contributed by atoms with Gasteiger partial charge in [-0.15, -0.1) is 5.10 Å². The summed E-state index contributed by atoms with van der Waals surface area (Å²) in [5.74, 6) is 1.78. The van der Waals surface area contributed by atoms with Crippen LogP contribution in [0.15, 0.2) is 58.1 Å². The van der Waals surface area contributed by atoms with Crippen LogP contribution in [0.5, 0.6) is 17.2 Å². The number of hydrogen-bond donors (Lipinski definition) is 1. The van der Waals surface area contributed by atoms with Gasteiger partial charge in [-0.05, 0) is 72.5 Å². The van der Waals surface area contributed by atoms with E-state index in [9.17, 15) is 4.79 Å². The number of piperidine rings is 1. The number of hydrazone groups is 1. The summed E-state index contributed by atoms with van der Waals surface area (Å²) in [6.07, 6.45) is 5.15. The standard InChI is InChI=1S/C25H23N5O4S/c26-22-19(23(31)27-24-30(22)28-25(35-24)29-10-2-1-3-11-29)12-16-4-7-18(8-5-16)32-14-17-6-9-20-21(13-17)34-15-33-20/h4-9,12-13,26H,1-3,10-11,14-15H2/b19-12+,26-22?. The van der Waals surface area contributed by atoms with Gasteiger partial charge in [-0.1, -0.05) is 18.2 Å². The maximum atomic E-state index is 12.7. The van der Waals surface area contributed by atoms with Gasteiger partial charge in [0.25, 0.3) is 5.91 Å². The first-order valence-electron chi connectivity index (χ1n) is 11.5. The molecule has 0 radical (unpaired) electrons. The first-order valence-corrected chi connectivity index (χ1v) is 12.3. The minimum atomic E-state index is -0.424. The summed E-state index contributed by atoms with van der Waals surface area (Å²) in [4.78, 5) is 19.1. The van der Waals surface area contributed by atoms with E-state index in [1.165, 1.54) is 23.2 Å². The summed E-state index contributed by atoms with van der Waals surface area (Å²) >= 11 is 1.36. The molecule has 4 heterocycles. The fraction of sp³-hybridized carbons (Fsp3) is 0.280. The van der Waals surface area contributed by atoms with Crippen LogP contribution in [0.1, 0.15) is 30.4 Å². The van der Waals surface area contributed by atoms with Crippen molar-refractivity contribution in [1.29, 1.82) is 5.41 Å². The number of hydrogen-bond acceptors (Lipinski definition) is 8. The molecule has 178 valence electrons. The maximum absolute atomic E-state index is 12.7. The predicted octanol–water partition coefficient (Wildman–Crippen LogP) is 4.06. The van der Waals surface area contributed by atoms with E-state index >= 15 is 0 Å². The number of aliphatic imine (C=N–C) groups is 1. The molecule has 0 aromatic heterocycles. The smallest absolute Gasteiger partial charge is 0.283 e. The Morgan fingerprint density at radius 3 is 2.66 bits per heavy atom. The van der Waals surface area contributed by atoms with E-state index in [-0.39, 0.29) is 18.2 Å². The molecule has 0 saturated carbocycles. The molecule has 0 atom stereocenters. The highest BCUT2D eigenvalue weighted by molar-refractivity contribution is 8.26. The zero-order valence-electron chi connectivity index (χ0n) is 18.9. The SMILES string of the molecule is N=C1/C(=C\c2ccc(OCc3ccc4c(c3)OCO4)cc2)C(=O)N=C2SC(N3CCCCC3)=NN12. The molecule has 1 saturated heterocycles. The number of amides is 1. The average molecular weight is 490 g/mol. The number of thioether (sulfide) groups is 1. The average Bonchev–Trinajstić information content (AvgIpc) is 3.53. The molecule has 1 fully saturated rings. The molecule has 0 bridgehead atoms. The molecule has 6 rings (SSSR count). The Labute approximate surface area is 206 Å². The van der Waals surface area contributed by atoms with Crippen LogP contribution in [0.2, 0.25) is 0 Å². The Morgan fingerprint density at radius 2 is 1.83 bits per heavy atom. The van der Waals surface area contributed by atoms with E-state index in [0.29, 0.717) is 17.5 Å². The van der Waals surface area contributed by atoms with Gasteiger partial charge in [-0.2, -0.15) is 10.0 Å². The van der Waals surface area contributed by atoms with Crippen LogP contribution in [0.4, 0.5) is 0 Å². The summed E-state index contributed by atoms with van der Waals surface area (Å²) in [6.45, 7) is 2.52. The molecule has 4 aliphatic heterocycles. The summed E-state index contributed by atoms with van der Waals surface area (Å²) < 4.78 is 16.6. The lowest BCUT2D eigenvalue weighted by Crippen LogP contribution is -2.35. The molecule has 0 aliphatic carbocycles. The van der Waals surface area contributed by atoms with Gasteiger partial charge in [0.2, 0.25) is 12.0 Å². The topological polar surface area (TPSA) is 99.8 Å². The van der Waals surface area contributed by atoms with Crippen molar-refractivity contribution in [3.8, 4) is 17.2 Å². The van der Waals surface area contributed by atoms with Gasteiger partial charge in [0.15, 0.2) is 22.5 Å². The van der Waals surface area contributed by atoms with Crippen LogP contribution in [0, 0.1) is 5.41 Å². The van der Waals surface area contributed by atoms with E-state index in [2.05, 4.69) is 15.0 Å². The first kappa shape index (κ1) is 21.7. The van der Waals surface area contributed by atoms with Gasteiger partial charge < -0.3 is 19.1 Å². The van der Waals surface area contributed by atoms with E-state index < -0.39 is 5.91 Å². The number of carbonyl (C=O) groups excluding carboxylic acids is 1. The van der Waals surface area contributed by atoms with Crippen molar-refractivity contribution >= 4 is 39.9 Å². The number of fused-ring (bicyclic) bond motifs is 2. The van der Waals surface area contributed by atoms with Gasteiger partial charge >= 0.3 is 0 Å². The molecule has 9 nitrogen and oxygen atoms in total. The van der Waals surface area contributed by atoms with Crippen LogP contribution in [-0.2, 0) is 11.4 Å². The number of benzene rings is 2. The number of carbonyl (C=O) groups is 1. The Kier molecular flexibility index (Phi) is 5.65. The molecule has 1 amide bonds. The normalized spacial score (nSPS) is 20.2. The molecule has 1 N–H and O–H groups in total. The third-order valence-electron chi connectivity index (χ3n) is 6.10. The largest absolute Gasteiger partial charge is 0.489 e. The van der Waals surface area contributed by atoms with Gasteiger partial charge in [-0.25, -0.2) is 0 Å². The van der Waals surface area contributed by atoms with Gasteiger partial charge in [0.1, 0.15) is 12.4 Å². The third-order valence-corrected chi connectivity index (χ3v) is 7.07. The quantitative estimate of drug-likeness (QED) is 0.647. The van der Waals surface area contributed by atoms with Crippen molar-refractivity contribution < 1.29 is 19.0 Å². The molecule has 0 unspecified atom stereocenters. The molecular formula is C25H23N5O4S. The molecule has 35 heavy (non-hydrogen) atoms. The Hall–Kier alpha value is -3.79. The van der Waals surface area contributed by atoms with Crippen molar-refractivity contribution in [3.05, 3.63) is 59.2 Å². The van der Waals surface area contributed by atoms with Crippen LogP contribution in [0.25, 0.3) is 6.08 Å². The second kappa shape index (κ2) is 9.10. The molecular weight excluding hydrogens is 466 g/mol. The molecule has 2 aromatic carbocycles. The minimum absolute atomic E-state index is 0.0441. The molecule has 4 aliphatic rings. The lowest BCUT2D eigenvalue weighted by Gasteiger charge is -2.26. The van der Waals surface area contributed by atoms with Crippen molar-refractivity contribution in [1.82, 2.24) is 9.91 Å². The van der Waals surface area contributed by atoms with E-state index in [1.54, 1.807) is 6.08 Å². The molecule has 2 aromatic rings. The monoisotopic (exact) mass is 489 g/mol. The third kappa shape index (κ3) is 4.37. The van der Waals surface area contributed by atoms with E-state index in [1.807, 2.05) is 42.5 Å². The van der Waals surface area contributed by atoms with Gasteiger partial charge in [0, 0.05) is 13.1 Å². The number of rotatable bonds is 4. The lowest BCUT2D eigenvalue weighted by molar-refractivity contribution is -0.114.